The smallest absolute Gasteiger partial charge is 0.256 e. The van der Waals surface area contributed by atoms with Crippen LogP contribution in [-0.2, 0) is 11.4 Å². The van der Waals surface area contributed by atoms with E-state index in [0.29, 0.717) is 29.1 Å². The number of furan rings is 1. The third-order valence-corrected chi connectivity index (χ3v) is 4.14. The highest BCUT2D eigenvalue weighted by Gasteiger charge is 2.23. The van der Waals surface area contributed by atoms with Crippen LogP contribution < -0.4 is 15.8 Å². The number of aryl methyl sites for hydroxylation is 1. The van der Waals surface area contributed by atoms with Crippen LogP contribution in [0, 0.1) is 6.92 Å². The molecule has 0 radical (unpaired) electrons. The Morgan fingerprint density at radius 3 is 2.63 bits per heavy atom. The number of ether oxygens (including phenoxy) is 1. The Hall–Kier alpha value is -3.32. The Bertz CT molecular complexity index is 965. The van der Waals surface area contributed by atoms with Crippen LogP contribution in [0.5, 0.6) is 5.75 Å². The molecule has 0 spiro atoms. The van der Waals surface area contributed by atoms with Gasteiger partial charge in [0.1, 0.15) is 29.7 Å². The van der Waals surface area contributed by atoms with E-state index < -0.39 is 24.5 Å². The van der Waals surface area contributed by atoms with E-state index in [0.717, 1.165) is 5.56 Å². The number of aliphatic hydroxyl groups is 1. The Balaban J connectivity index is 1.86. The van der Waals surface area contributed by atoms with Crippen LogP contribution >= 0.6 is 0 Å². The van der Waals surface area contributed by atoms with Gasteiger partial charge in [-0.3, -0.25) is 9.59 Å². The normalized spacial score (nSPS) is 11.9. The second-order valence-electron chi connectivity index (χ2n) is 6.08. The maximum atomic E-state index is 12.6. The lowest BCUT2D eigenvalue weighted by Crippen LogP contribution is -2.46. The summed E-state index contributed by atoms with van der Waals surface area (Å²) in [6.07, 6.45) is 0. The molecule has 4 N–H and O–H groups in total. The van der Waals surface area contributed by atoms with Crippen LogP contribution in [0.4, 0.5) is 0 Å². The monoisotopic (exact) mass is 368 g/mol. The van der Waals surface area contributed by atoms with Gasteiger partial charge < -0.3 is 25.3 Å². The van der Waals surface area contributed by atoms with Crippen LogP contribution in [-0.4, -0.2) is 29.6 Å². The van der Waals surface area contributed by atoms with E-state index in [1.807, 2.05) is 30.3 Å². The van der Waals surface area contributed by atoms with Crippen LogP contribution in [0.3, 0.4) is 0 Å². The third kappa shape index (κ3) is 4.09. The molecule has 27 heavy (non-hydrogen) atoms. The molecule has 0 fully saturated rings. The molecule has 1 heterocycles. The third-order valence-electron chi connectivity index (χ3n) is 4.14. The van der Waals surface area contributed by atoms with Crippen LogP contribution in [0.1, 0.15) is 21.7 Å². The summed E-state index contributed by atoms with van der Waals surface area (Å²) in [6.45, 7) is 1.46. The molecule has 0 aliphatic heterocycles. The lowest BCUT2D eigenvalue weighted by molar-refractivity contribution is -0.120. The first-order chi connectivity index (χ1) is 13.0. The van der Waals surface area contributed by atoms with Crippen molar-refractivity contribution >= 4 is 22.8 Å². The Morgan fingerprint density at radius 1 is 1.22 bits per heavy atom. The summed E-state index contributed by atoms with van der Waals surface area (Å²) < 4.78 is 11.4. The number of benzene rings is 2. The molecule has 7 nitrogen and oxygen atoms in total. The molecule has 7 heteroatoms. The van der Waals surface area contributed by atoms with Gasteiger partial charge in [-0.15, -0.1) is 0 Å². The fourth-order valence-corrected chi connectivity index (χ4v) is 2.75. The molecule has 0 unspecified atom stereocenters. The van der Waals surface area contributed by atoms with Crippen molar-refractivity contribution in [1.29, 1.82) is 0 Å². The molecule has 0 bridgehead atoms. The lowest BCUT2D eigenvalue weighted by Gasteiger charge is -2.12. The van der Waals surface area contributed by atoms with Crippen LogP contribution in [0.2, 0.25) is 0 Å². The molecular weight excluding hydrogens is 348 g/mol. The van der Waals surface area contributed by atoms with Crippen molar-refractivity contribution in [1.82, 2.24) is 5.32 Å². The minimum absolute atomic E-state index is 0.273. The van der Waals surface area contributed by atoms with E-state index in [-0.39, 0.29) is 5.56 Å². The summed E-state index contributed by atoms with van der Waals surface area (Å²) in [5.41, 5.74) is 6.97. The van der Waals surface area contributed by atoms with Gasteiger partial charge in [-0.1, -0.05) is 30.3 Å². The van der Waals surface area contributed by atoms with Gasteiger partial charge in [0.15, 0.2) is 0 Å². The number of hydrogen-bond donors (Lipinski definition) is 3. The van der Waals surface area contributed by atoms with Crippen molar-refractivity contribution in [3.63, 3.8) is 0 Å². The Labute approximate surface area is 155 Å². The van der Waals surface area contributed by atoms with Gasteiger partial charge >= 0.3 is 0 Å². The van der Waals surface area contributed by atoms with Crippen molar-refractivity contribution in [3.05, 3.63) is 65.4 Å². The zero-order valence-corrected chi connectivity index (χ0v) is 14.8. The van der Waals surface area contributed by atoms with Gasteiger partial charge in [0.05, 0.1) is 12.2 Å². The van der Waals surface area contributed by atoms with Crippen molar-refractivity contribution < 1.29 is 23.8 Å². The van der Waals surface area contributed by atoms with Crippen molar-refractivity contribution in [3.8, 4) is 5.75 Å². The van der Waals surface area contributed by atoms with Gasteiger partial charge in [0.25, 0.3) is 5.91 Å². The highest BCUT2D eigenvalue weighted by atomic mass is 16.5. The number of fused-ring (bicyclic) bond motifs is 1. The fourth-order valence-electron chi connectivity index (χ4n) is 2.75. The Morgan fingerprint density at radius 2 is 1.96 bits per heavy atom. The summed E-state index contributed by atoms with van der Waals surface area (Å²) in [6, 6.07) is 13.7. The standard InChI is InChI=1S/C20H20N2O5/c1-12-18(20(25)22-16(10-23)19(21)24)15-9-14(7-8-17(15)27-12)26-11-13-5-3-2-4-6-13/h2-9,16,23H,10-11H2,1H3,(H2,21,24)(H,22,25)/t16-/m0/s1. The van der Waals surface area contributed by atoms with Gasteiger partial charge in [-0.05, 0) is 30.7 Å². The second-order valence-corrected chi connectivity index (χ2v) is 6.08. The SMILES string of the molecule is Cc1oc2ccc(OCc3ccccc3)cc2c1C(=O)N[C@@H](CO)C(N)=O. The van der Waals surface area contributed by atoms with Gasteiger partial charge in [-0.2, -0.15) is 0 Å². The minimum atomic E-state index is -1.17. The van der Waals surface area contributed by atoms with E-state index in [4.69, 9.17) is 14.9 Å². The zero-order valence-electron chi connectivity index (χ0n) is 14.8. The first-order valence-electron chi connectivity index (χ1n) is 8.40. The maximum Gasteiger partial charge on any atom is 0.256 e. The van der Waals surface area contributed by atoms with E-state index in [1.165, 1.54) is 0 Å². The Kier molecular flexibility index (Phi) is 5.42. The first kappa shape index (κ1) is 18.5. The molecule has 0 saturated carbocycles. The van der Waals surface area contributed by atoms with Gasteiger partial charge in [-0.25, -0.2) is 0 Å². The molecule has 2 amide bonds. The molecule has 0 aliphatic carbocycles. The van der Waals surface area contributed by atoms with E-state index in [9.17, 15) is 14.7 Å². The predicted octanol–water partition coefficient (Wildman–Crippen LogP) is 1.90. The van der Waals surface area contributed by atoms with Gasteiger partial charge in [0, 0.05) is 5.39 Å². The number of nitrogens with two attached hydrogens (primary N) is 1. The lowest BCUT2D eigenvalue weighted by atomic mass is 10.1. The topological polar surface area (TPSA) is 115 Å². The van der Waals surface area contributed by atoms with E-state index in [1.54, 1.807) is 25.1 Å². The molecule has 3 aromatic rings. The zero-order chi connectivity index (χ0) is 19.4. The van der Waals surface area contributed by atoms with Crippen molar-refractivity contribution in [2.24, 2.45) is 5.73 Å². The van der Waals surface area contributed by atoms with E-state index >= 15 is 0 Å². The molecular formula is C20H20N2O5. The molecule has 2 aromatic carbocycles. The van der Waals surface area contributed by atoms with Crippen molar-refractivity contribution in [2.45, 2.75) is 19.6 Å². The predicted molar refractivity (Wildman–Crippen MR) is 99.3 cm³/mol. The summed E-state index contributed by atoms with van der Waals surface area (Å²) in [5.74, 6) is -0.397. The second kappa shape index (κ2) is 7.92. The molecule has 0 aliphatic rings. The number of carbonyl (C=O) groups excluding carboxylic acids is 2. The molecule has 0 saturated heterocycles. The average molecular weight is 368 g/mol. The number of rotatable bonds is 7. The number of primary amides is 1. The average Bonchev–Trinajstić information content (AvgIpc) is 3.00. The molecule has 1 atom stereocenters. The molecule has 140 valence electrons. The number of hydrogen-bond acceptors (Lipinski definition) is 5. The number of amides is 2. The number of aliphatic hydroxyl groups excluding tert-OH is 1. The summed E-state index contributed by atoms with van der Waals surface area (Å²) >= 11 is 0. The van der Waals surface area contributed by atoms with Crippen LogP contribution in [0.25, 0.3) is 11.0 Å². The van der Waals surface area contributed by atoms with Gasteiger partial charge in [0.2, 0.25) is 5.91 Å². The maximum absolute atomic E-state index is 12.6. The van der Waals surface area contributed by atoms with Crippen molar-refractivity contribution in [2.75, 3.05) is 6.61 Å². The summed E-state index contributed by atoms with van der Waals surface area (Å²) in [5, 5.41) is 12.2. The summed E-state index contributed by atoms with van der Waals surface area (Å²) in [7, 11) is 0. The summed E-state index contributed by atoms with van der Waals surface area (Å²) in [4.78, 5) is 23.8. The largest absolute Gasteiger partial charge is 0.489 e. The highest BCUT2D eigenvalue weighted by molar-refractivity contribution is 6.08. The quantitative estimate of drug-likeness (QED) is 0.589. The number of carbonyl (C=O) groups is 2. The molecule has 3 rings (SSSR count). The first-order valence-corrected chi connectivity index (χ1v) is 8.40. The van der Waals surface area contributed by atoms with E-state index in [2.05, 4.69) is 5.32 Å². The minimum Gasteiger partial charge on any atom is -0.489 e. The number of nitrogens with one attached hydrogen (secondary N) is 1. The van der Waals surface area contributed by atoms with Crippen LogP contribution in [0.15, 0.2) is 52.9 Å². The fraction of sp³-hybridized carbons (Fsp3) is 0.200. The highest BCUT2D eigenvalue weighted by Crippen LogP contribution is 2.29. The molecule has 1 aromatic heterocycles.